The van der Waals surface area contributed by atoms with Crippen molar-refractivity contribution in [2.45, 2.75) is 13.0 Å². The first-order valence-electron chi connectivity index (χ1n) is 1.51. The normalized spacial score (nSPS) is 11.7. The van der Waals surface area contributed by atoms with Gasteiger partial charge in [-0.1, -0.05) is 13.0 Å². The molecule has 4 heteroatoms. The molecule has 0 bridgehead atoms. The molecule has 0 aliphatic heterocycles. The third-order valence-electron chi connectivity index (χ3n) is 0.332. The van der Waals surface area contributed by atoms with Crippen LogP contribution in [0.2, 0.25) is 0 Å². The van der Waals surface area contributed by atoms with Gasteiger partial charge in [0.15, 0.2) is 0 Å². The van der Waals surface area contributed by atoms with E-state index in [2.05, 4.69) is 0 Å². The van der Waals surface area contributed by atoms with Gasteiger partial charge in [0.05, 0.1) is 0 Å². The van der Waals surface area contributed by atoms with Gasteiger partial charge < -0.3 is 15.0 Å². The van der Waals surface area contributed by atoms with Crippen LogP contribution in [0.1, 0.15) is 6.92 Å². The van der Waals surface area contributed by atoms with Crippen LogP contribution in [0.25, 0.3) is 0 Å². The quantitative estimate of drug-likeness (QED) is 0.356. The second kappa shape index (κ2) is 4.84. The van der Waals surface area contributed by atoms with E-state index in [0.717, 1.165) is 6.92 Å². The average molecular weight is 128 g/mol. The van der Waals surface area contributed by atoms with Gasteiger partial charge in [-0.25, -0.2) is 0 Å². The Labute approximate surface area is 71.3 Å². The summed E-state index contributed by atoms with van der Waals surface area (Å²) >= 11 is 0. The molecular weight excluding hydrogens is 124 g/mol. The topological polar surface area (TPSA) is 63.2 Å². The molecule has 1 atom stereocenters. The molecule has 1 unspecified atom stereocenters. The summed E-state index contributed by atoms with van der Waals surface area (Å²) in [5, 5.41) is 18.8. The minimum Gasteiger partial charge on any atom is -0.848 e. The van der Waals surface area contributed by atoms with E-state index in [4.69, 9.17) is 0 Å². The number of hydrogen-bond donors (Lipinski definition) is 0. The van der Waals surface area contributed by atoms with E-state index in [1.807, 2.05) is 0 Å². The van der Waals surface area contributed by atoms with Crippen molar-refractivity contribution in [2.75, 3.05) is 0 Å². The summed E-state index contributed by atoms with van der Waals surface area (Å²) < 4.78 is 0. The molecule has 0 rings (SSSR count). The predicted molar refractivity (Wildman–Crippen MR) is 20.2 cm³/mol. The van der Waals surface area contributed by atoms with Gasteiger partial charge in [0.1, 0.15) is 0 Å². The summed E-state index contributed by atoms with van der Waals surface area (Å²) in [6.07, 6.45) is -1.59. The second-order valence-corrected chi connectivity index (χ2v) is 0.961. The van der Waals surface area contributed by atoms with Gasteiger partial charge in [-0.2, -0.15) is 0 Å². The maximum atomic E-state index is 9.56. The van der Waals surface area contributed by atoms with E-state index in [1.54, 1.807) is 0 Å². The van der Waals surface area contributed by atoms with E-state index in [1.165, 1.54) is 0 Å². The van der Waals surface area contributed by atoms with E-state index in [-0.39, 0.29) is 37.7 Å². The van der Waals surface area contributed by atoms with Gasteiger partial charge in [-0.3, -0.25) is 0 Å². The fourth-order valence-corrected chi connectivity index (χ4v) is 0. The van der Waals surface area contributed by atoms with Crippen molar-refractivity contribution in [1.29, 1.82) is 0 Å². The molecule has 0 amide bonds. The van der Waals surface area contributed by atoms with Crippen LogP contribution in [0.3, 0.4) is 0 Å². The van der Waals surface area contributed by atoms with Gasteiger partial charge in [-0.05, 0) is 0 Å². The van der Waals surface area contributed by atoms with Crippen LogP contribution in [-0.4, -0.2) is 49.8 Å². The molecule has 0 aromatic carbocycles. The van der Waals surface area contributed by atoms with Crippen LogP contribution in [0.4, 0.5) is 0 Å². The number of rotatable bonds is 1. The summed E-state index contributed by atoms with van der Waals surface area (Å²) in [6, 6.07) is 0. The zero-order valence-corrected chi connectivity index (χ0v) is 6.22. The Kier molecular flexibility index (Phi) is 7.35. The molecule has 7 heavy (non-hydrogen) atoms. The maximum Gasteiger partial charge on any atom is 2.00 e. The van der Waals surface area contributed by atoms with Crippen LogP contribution < -0.4 is 10.2 Å². The molecule has 0 N–H and O–H groups in total. The number of carbonyl (C=O) groups is 1. The molecule has 0 spiro atoms. The Hall–Kier alpha value is 0.690. The van der Waals surface area contributed by atoms with Crippen molar-refractivity contribution >= 4 is 43.7 Å². The molecule has 36 valence electrons. The summed E-state index contributed by atoms with van der Waals surface area (Å²) in [6.45, 7) is 1.02. The average Bonchev–Trinajstić information content (AvgIpc) is 1.36. The molecule has 0 aliphatic rings. The minimum atomic E-state index is -1.59. The van der Waals surface area contributed by atoms with Gasteiger partial charge in [-0.15, -0.1) is 0 Å². The smallest absolute Gasteiger partial charge is 0.848 e. The number of hydrogen-bond acceptors (Lipinski definition) is 3. The molecule has 0 aromatic rings. The van der Waals surface area contributed by atoms with Gasteiger partial charge in [0.2, 0.25) is 0 Å². The summed E-state index contributed by atoms with van der Waals surface area (Å²) in [5.41, 5.74) is 0. The molecule has 0 radical (unpaired) electrons. The van der Waals surface area contributed by atoms with Crippen molar-refractivity contribution in [3.8, 4) is 0 Å². The molecule has 0 heterocycles. The Morgan fingerprint density at radius 2 is 1.86 bits per heavy atom. The van der Waals surface area contributed by atoms with Gasteiger partial charge in [0, 0.05) is 5.97 Å². The van der Waals surface area contributed by atoms with Crippen LogP contribution in [0, 0.1) is 0 Å². The molecule has 0 saturated heterocycles. The van der Waals surface area contributed by atoms with Crippen LogP contribution >= 0.6 is 0 Å². The number of carboxylic acids is 1. The van der Waals surface area contributed by atoms with Crippen molar-refractivity contribution < 1.29 is 15.0 Å². The van der Waals surface area contributed by atoms with E-state index < -0.39 is 12.1 Å². The third-order valence-corrected chi connectivity index (χ3v) is 0.332. The number of carbonyl (C=O) groups excluding carboxylic acids is 1. The molecule has 0 saturated carbocycles. The fourth-order valence-electron chi connectivity index (χ4n) is 0. The van der Waals surface area contributed by atoms with Crippen molar-refractivity contribution in [3.63, 3.8) is 0 Å². The molecule has 0 aromatic heterocycles. The van der Waals surface area contributed by atoms with Crippen molar-refractivity contribution in [2.24, 2.45) is 0 Å². The Balaban J connectivity index is 0. The number of carboxylic acid groups (broad SMARTS) is 1. The van der Waals surface area contributed by atoms with Crippen LogP contribution in [0.5, 0.6) is 0 Å². The van der Waals surface area contributed by atoms with Crippen LogP contribution in [0.15, 0.2) is 0 Å². The molecule has 0 aliphatic carbocycles. The molecule has 0 fully saturated rings. The zero-order chi connectivity index (χ0) is 5.15. The van der Waals surface area contributed by atoms with E-state index >= 15 is 0 Å². The predicted octanol–water partition coefficient (Wildman–Crippen LogP) is -2.90. The SMILES string of the molecule is CC([O-])C(=O)[O-].[Ca+2]. The second-order valence-electron chi connectivity index (χ2n) is 0.961. The summed E-state index contributed by atoms with van der Waals surface area (Å²) in [5.74, 6) is -1.55. The minimum absolute atomic E-state index is 0. The van der Waals surface area contributed by atoms with Gasteiger partial charge in [0.25, 0.3) is 0 Å². The Morgan fingerprint density at radius 1 is 1.71 bits per heavy atom. The standard InChI is InChI=1S/C3H5O3.Ca/c1-2(4)3(5)6;/h2H,1H3,(H,5,6);/q-1;+2/p-1. The zero-order valence-electron chi connectivity index (χ0n) is 4.01. The molecule has 3 nitrogen and oxygen atoms in total. The first-order chi connectivity index (χ1) is 2.64. The maximum absolute atomic E-state index is 9.56. The first-order valence-corrected chi connectivity index (χ1v) is 1.51. The fraction of sp³-hybridized carbons (Fsp3) is 0.667. The summed E-state index contributed by atoms with van der Waals surface area (Å²) in [4.78, 5) is 9.28. The Bertz CT molecular complexity index is 61.2. The first kappa shape index (κ1) is 10.6. The van der Waals surface area contributed by atoms with Crippen LogP contribution in [-0.2, 0) is 4.79 Å². The van der Waals surface area contributed by atoms with E-state index in [9.17, 15) is 15.0 Å². The molecular formula is C3H4CaO3. The monoisotopic (exact) mass is 128 g/mol. The summed E-state index contributed by atoms with van der Waals surface area (Å²) in [7, 11) is 0. The number of aliphatic carboxylic acids is 1. The largest absolute Gasteiger partial charge is 2.00 e. The van der Waals surface area contributed by atoms with Crippen molar-refractivity contribution in [3.05, 3.63) is 0 Å². The van der Waals surface area contributed by atoms with Gasteiger partial charge >= 0.3 is 37.7 Å². The third kappa shape index (κ3) is 6.69. The van der Waals surface area contributed by atoms with E-state index in [0.29, 0.717) is 0 Å². The Morgan fingerprint density at radius 3 is 1.86 bits per heavy atom. The van der Waals surface area contributed by atoms with Crippen molar-refractivity contribution in [1.82, 2.24) is 0 Å².